The number of aromatic nitrogens is 2. The SMILES string of the molecule is O=C(Cn1ccc2sccc2c1=O)Nc1ccc(Cl)cn1. The Morgan fingerprint density at radius 1 is 1.33 bits per heavy atom. The van der Waals surface area contributed by atoms with E-state index in [1.54, 1.807) is 24.4 Å². The van der Waals surface area contributed by atoms with Crippen LogP contribution in [-0.4, -0.2) is 15.5 Å². The lowest BCUT2D eigenvalue weighted by atomic mass is 10.3. The molecule has 3 rings (SSSR count). The first kappa shape index (κ1) is 13.8. The Morgan fingerprint density at radius 3 is 2.95 bits per heavy atom. The standard InChI is InChI=1S/C14H10ClN3O2S/c15-9-1-2-12(16-7-9)17-13(19)8-18-5-3-11-10(14(18)20)4-6-21-11/h1-7H,8H2,(H,16,17,19). The maximum atomic E-state index is 12.2. The van der Waals surface area contributed by atoms with E-state index in [9.17, 15) is 9.59 Å². The quantitative estimate of drug-likeness (QED) is 0.807. The van der Waals surface area contributed by atoms with Crippen LogP contribution in [0.5, 0.6) is 0 Å². The zero-order chi connectivity index (χ0) is 14.8. The summed E-state index contributed by atoms with van der Waals surface area (Å²) in [6, 6.07) is 6.82. The van der Waals surface area contributed by atoms with Crippen molar-refractivity contribution in [1.29, 1.82) is 0 Å². The summed E-state index contributed by atoms with van der Waals surface area (Å²) in [4.78, 5) is 28.1. The van der Waals surface area contributed by atoms with Gasteiger partial charge in [-0.15, -0.1) is 11.3 Å². The van der Waals surface area contributed by atoms with Crippen molar-refractivity contribution in [2.75, 3.05) is 5.32 Å². The Balaban J connectivity index is 1.78. The van der Waals surface area contributed by atoms with Gasteiger partial charge in [-0.3, -0.25) is 9.59 Å². The normalized spacial score (nSPS) is 10.7. The highest BCUT2D eigenvalue weighted by Crippen LogP contribution is 2.16. The predicted octanol–water partition coefficient (Wildman–Crippen LogP) is 2.75. The van der Waals surface area contributed by atoms with Crippen LogP contribution in [-0.2, 0) is 11.3 Å². The third kappa shape index (κ3) is 2.96. The van der Waals surface area contributed by atoms with E-state index in [1.807, 2.05) is 11.4 Å². The average molecular weight is 320 g/mol. The highest BCUT2D eigenvalue weighted by Gasteiger charge is 2.08. The monoisotopic (exact) mass is 319 g/mol. The van der Waals surface area contributed by atoms with Gasteiger partial charge in [0.15, 0.2) is 0 Å². The summed E-state index contributed by atoms with van der Waals surface area (Å²) in [5.41, 5.74) is -0.173. The van der Waals surface area contributed by atoms with Crippen molar-refractivity contribution in [3.05, 3.63) is 57.4 Å². The van der Waals surface area contributed by atoms with Gasteiger partial charge in [-0.2, -0.15) is 0 Å². The van der Waals surface area contributed by atoms with Gasteiger partial charge < -0.3 is 9.88 Å². The fraction of sp³-hybridized carbons (Fsp3) is 0.0714. The number of nitrogens with zero attached hydrogens (tertiary/aromatic N) is 2. The van der Waals surface area contributed by atoms with E-state index in [0.29, 0.717) is 16.2 Å². The minimum atomic E-state index is -0.318. The van der Waals surface area contributed by atoms with E-state index in [-0.39, 0.29) is 18.0 Å². The summed E-state index contributed by atoms with van der Waals surface area (Å²) >= 11 is 7.22. The second-order valence-corrected chi connectivity index (χ2v) is 5.74. The molecule has 106 valence electrons. The zero-order valence-electron chi connectivity index (χ0n) is 10.7. The van der Waals surface area contributed by atoms with Crippen molar-refractivity contribution in [1.82, 2.24) is 9.55 Å². The number of hydrogen-bond acceptors (Lipinski definition) is 4. The molecule has 7 heteroatoms. The number of nitrogens with one attached hydrogen (secondary N) is 1. The molecule has 0 saturated heterocycles. The largest absolute Gasteiger partial charge is 0.309 e. The average Bonchev–Trinajstić information content (AvgIpc) is 2.94. The molecule has 0 aromatic carbocycles. The van der Waals surface area contributed by atoms with Gasteiger partial charge >= 0.3 is 0 Å². The molecule has 0 aliphatic carbocycles. The molecular formula is C14H10ClN3O2S. The summed E-state index contributed by atoms with van der Waals surface area (Å²) in [6.07, 6.45) is 3.07. The molecule has 0 saturated carbocycles. The van der Waals surface area contributed by atoms with E-state index in [0.717, 1.165) is 4.70 Å². The number of carbonyl (C=O) groups excluding carboxylic acids is 1. The minimum Gasteiger partial charge on any atom is -0.309 e. The van der Waals surface area contributed by atoms with E-state index in [4.69, 9.17) is 11.6 Å². The fourth-order valence-corrected chi connectivity index (χ4v) is 2.80. The summed E-state index contributed by atoms with van der Waals surface area (Å²) in [5, 5.41) is 5.59. The third-order valence-electron chi connectivity index (χ3n) is 2.90. The number of rotatable bonds is 3. The summed E-state index contributed by atoms with van der Waals surface area (Å²) in [5.74, 6) is 0.0792. The Labute approximate surface area is 128 Å². The van der Waals surface area contributed by atoms with Crippen LogP contribution in [0, 0.1) is 0 Å². The molecule has 3 aromatic rings. The number of pyridine rings is 2. The molecule has 0 bridgehead atoms. The van der Waals surface area contributed by atoms with Crippen LogP contribution in [0.15, 0.2) is 46.8 Å². The maximum Gasteiger partial charge on any atom is 0.259 e. The van der Waals surface area contributed by atoms with Crippen molar-refractivity contribution in [3.63, 3.8) is 0 Å². The highest BCUT2D eigenvalue weighted by molar-refractivity contribution is 7.17. The molecule has 21 heavy (non-hydrogen) atoms. The van der Waals surface area contributed by atoms with Gasteiger partial charge in [0, 0.05) is 17.1 Å². The van der Waals surface area contributed by atoms with Gasteiger partial charge in [0.25, 0.3) is 5.56 Å². The molecule has 3 heterocycles. The Bertz CT molecular complexity index is 855. The van der Waals surface area contributed by atoms with Gasteiger partial charge in [-0.25, -0.2) is 4.98 Å². The first-order valence-corrected chi connectivity index (χ1v) is 7.37. The maximum absolute atomic E-state index is 12.2. The van der Waals surface area contributed by atoms with Gasteiger partial charge in [0.2, 0.25) is 5.91 Å². The van der Waals surface area contributed by atoms with E-state index < -0.39 is 0 Å². The van der Waals surface area contributed by atoms with Crippen molar-refractivity contribution in [2.24, 2.45) is 0 Å². The van der Waals surface area contributed by atoms with Gasteiger partial charge in [-0.1, -0.05) is 11.6 Å². The predicted molar refractivity (Wildman–Crippen MR) is 84.0 cm³/mol. The number of fused-ring (bicyclic) bond motifs is 1. The first-order valence-electron chi connectivity index (χ1n) is 6.11. The molecule has 0 unspecified atom stereocenters. The molecule has 0 atom stereocenters. The molecule has 0 fully saturated rings. The van der Waals surface area contributed by atoms with Gasteiger partial charge in [0.1, 0.15) is 12.4 Å². The molecule has 1 N–H and O–H groups in total. The van der Waals surface area contributed by atoms with Crippen LogP contribution in [0.25, 0.3) is 10.1 Å². The molecule has 0 aliphatic heterocycles. The van der Waals surface area contributed by atoms with Crippen LogP contribution in [0.2, 0.25) is 5.02 Å². The van der Waals surface area contributed by atoms with E-state index >= 15 is 0 Å². The topological polar surface area (TPSA) is 64.0 Å². The first-order chi connectivity index (χ1) is 10.1. The second-order valence-electron chi connectivity index (χ2n) is 4.36. The summed E-state index contributed by atoms with van der Waals surface area (Å²) in [6.45, 7) is -0.0606. The van der Waals surface area contributed by atoms with Crippen LogP contribution >= 0.6 is 22.9 Å². The molecule has 1 amide bonds. The van der Waals surface area contributed by atoms with Crippen molar-refractivity contribution >= 4 is 44.7 Å². The Kier molecular flexibility index (Phi) is 3.72. The number of hydrogen-bond donors (Lipinski definition) is 1. The number of thiophene rings is 1. The number of anilines is 1. The summed E-state index contributed by atoms with van der Waals surface area (Å²) in [7, 11) is 0. The van der Waals surface area contributed by atoms with Crippen LogP contribution in [0.4, 0.5) is 5.82 Å². The molecule has 0 spiro atoms. The highest BCUT2D eigenvalue weighted by atomic mass is 35.5. The second kappa shape index (κ2) is 5.67. The minimum absolute atomic E-state index is 0.0606. The number of halogens is 1. The fourth-order valence-electron chi connectivity index (χ4n) is 1.92. The van der Waals surface area contributed by atoms with Crippen LogP contribution < -0.4 is 10.9 Å². The molecule has 0 aliphatic rings. The zero-order valence-corrected chi connectivity index (χ0v) is 12.3. The molecule has 5 nitrogen and oxygen atoms in total. The van der Waals surface area contributed by atoms with Crippen LogP contribution in [0.1, 0.15) is 0 Å². The smallest absolute Gasteiger partial charge is 0.259 e. The van der Waals surface area contributed by atoms with Gasteiger partial charge in [0.05, 0.1) is 10.4 Å². The lowest BCUT2D eigenvalue weighted by Crippen LogP contribution is -2.27. The van der Waals surface area contributed by atoms with Gasteiger partial charge in [-0.05, 0) is 29.6 Å². The Hall–Kier alpha value is -2.18. The van der Waals surface area contributed by atoms with Crippen LogP contribution in [0.3, 0.4) is 0 Å². The molecule has 0 radical (unpaired) electrons. The van der Waals surface area contributed by atoms with E-state index in [2.05, 4.69) is 10.3 Å². The number of carbonyl (C=O) groups is 1. The van der Waals surface area contributed by atoms with Crippen molar-refractivity contribution in [3.8, 4) is 0 Å². The van der Waals surface area contributed by atoms with E-state index in [1.165, 1.54) is 22.1 Å². The Morgan fingerprint density at radius 2 is 2.19 bits per heavy atom. The lowest BCUT2D eigenvalue weighted by Gasteiger charge is -2.07. The molecule has 3 aromatic heterocycles. The van der Waals surface area contributed by atoms with Crippen molar-refractivity contribution in [2.45, 2.75) is 6.54 Å². The summed E-state index contributed by atoms with van der Waals surface area (Å²) < 4.78 is 2.29. The molecular weight excluding hydrogens is 310 g/mol. The number of amides is 1. The third-order valence-corrected chi connectivity index (χ3v) is 4.01. The lowest BCUT2D eigenvalue weighted by molar-refractivity contribution is -0.116. The van der Waals surface area contributed by atoms with Crippen molar-refractivity contribution < 1.29 is 4.79 Å².